The molecule has 4 rings (SSSR count). The summed E-state index contributed by atoms with van der Waals surface area (Å²) in [5.74, 6) is -1.43. The summed E-state index contributed by atoms with van der Waals surface area (Å²) in [7, 11) is -4.21. The maximum atomic E-state index is 15.1. The highest BCUT2D eigenvalue weighted by Crippen LogP contribution is 2.39. The fraction of sp³-hybridized carbons (Fsp3) is 0.353. The Kier molecular flexibility index (Phi) is 3.91. The van der Waals surface area contributed by atoms with Crippen LogP contribution in [0, 0.1) is 11.7 Å². The molecule has 2 aromatic carbocycles. The number of nitrogens with zero attached hydrogens (tertiary/aromatic N) is 1. The summed E-state index contributed by atoms with van der Waals surface area (Å²) in [6.45, 7) is 0.208. The van der Waals surface area contributed by atoms with E-state index >= 15 is 4.39 Å². The number of benzene rings is 2. The van der Waals surface area contributed by atoms with Crippen molar-refractivity contribution in [1.29, 1.82) is 0 Å². The van der Waals surface area contributed by atoms with Gasteiger partial charge in [0.1, 0.15) is 18.0 Å². The molecule has 1 saturated heterocycles. The van der Waals surface area contributed by atoms with E-state index in [4.69, 9.17) is 0 Å². The Hall–Kier alpha value is -2.55. The number of halogens is 1. The Morgan fingerprint density at radius 2 is 2.08 bits per heavy atom. The van der Waals surface area contributed by atoms with Crippen LogP contribution in [0.2, 0.25) is 0 Å². The van der Waals surface area contributed by atoms with Crippen LogP contribution in [-0.2, 0) is 15.0 Å². The predicted octanol–water partition coefficient (Wildman–Crippen LogP) is 2.08. The molecule has 9 heteroatoms. The minimum absolute atomic E-state index is 0.170. The number of rotatable bonds is 5. The van der Waals surface area contributed by atoms with Gasteiger partial charge in [0.05, 0.1) is 0 Å². The summed E-state index contributed by atoms with van der Waals surface area (Å²) in [5, 5.41) is 14.0. The van der Waals surface area contributed by atoms with Crippen molar-refractivity contribution in [3.63, 3.8) is 0 Å². The van der Waals surface area contributed by atoms with Crippen molar-refractivity contribution in [2.75, 3.05) is 22.7 Å². The molecule has 0 spiro atoms. The van der Waals surface area contributed by atoms with Crippen LogP contribution < -0.4 is 14.3 Å². The van der Waals surface area contributed by atoms with Crippen LogP contribution in [-0.4, -0.2) is 32.5 Å². The van der Waals surface area contributed by atoms with Crippen LogP contribution >= 0.6 is 0 Å². The first kappa shape index (κ1) is 16.9. The largest absolute Gasteiger partial charge is 0.506 e. The number of aromatic hydroxyl groups is 1. The highest BCUT2D eigenvalue weighted by molar-refractivity contribution is 7.92. The summed E-state index contributed by atoms with van der Waals surface area (Å²) in [4.78, 5) is 11.4. The van der Waals surface area contributed by atoms with E-state index in [1.54, 1.807) is 22.9 Å². The Morgan fingerprint density at radius 1 is 1.31 bits per heavy atom. The van der Waals surface area contributed by atoms with Gasteiger partial charge in [0.15, 0.2) is 5.82 Å². The van der Waals surface area contributed by atoms with Crippen LogP contribution in [0.1, 0.15) is 19.3 Å². The zero-order valence-electron chi connectivity index (χ0n) is 13.8. The lowest BCUT2D eigenvalue weighted by atomic mass is 10.1. The van der Waals surface area contributed by atoms with Gasteiger partial charge in [-0.25, -0.2) is 13.4 Å². The maximum Gasteiger partial charge on any atom is 0.326 e. The molecule has 1 saturated carbocycles. The average molecular weight is 379 g/mol. The summed E-state index contributed by atoms with van der Waals surface area (Å²) in [6, 6.07) is 6.31. The molecular formula is C17H18FN3O4S. The number of phenolic OH excluding ortho intramolecular Hbond substituents is 1. The number of amides is 1. The third-order valence-electron chi connectivity index (χ3n) is 4.68. The molecule has 1 aliphatic carbocycles. The number of anilines is 2. The minimum atomic E-state index is -4.21. The van der Waals surface area contributed by atoms with Crippen molar-refractivity contribution >= 4 is 38.3 Å². The van der Waals surface area contributed by atoms with Gasteiger partial charge in [0, 0.05) is 17.6 Å². The van der Waals surface area contributed by atoms with E-state index in [0.717, 1.165) is 18.9 Å². The smallest absolute Gasteiger partial charge is 0.326 e. The van der Waals surface area contributed by atoms with E-state index in [0.29, 0.717) is 15.4 Å². The number of carbonyl (C=O) groups excluding carboxylic acids is 1. The van der Waals surface area contributed by atoms with Gasteiger partial charge in [-0.05, 0) is 35.9 Å². The summed E-state index contributed by atoms with van der Waals surface area (Å²) in [6.07, 6.45) is 3.57. The van der Waals surface area contributed by atoms with Crippen molar-refractivity contribution < 1.29 is 22.7 Å². The van der Waals surface area contributed by atoms with Gasteiger partial charge in [-0.2, -0.15) is 8.42 Å². The second kappa shape index (κ2) is 6.01. The monoisotopic (exact) mass is 379 g/mol. The zero-order valence-corrected chi connectivity index (χ0v) is 14.6. The summed E-state index contributed by atoms with van der Waals surface area (Å²) in [5.41, 5.74) is 0.193. The summed E-state index contributed by atoms with van der Waals surface area (Å²) >= 11 is 0. The third-order valence-corrected chi connectivity index (χ3v) is 6.06. The zero-order chi connectivity index (χ0) is 18.5. The first-order valence-electron chi connectivity index (χ1n) is 8.37. The first-order chi connectivity index (χ1) is 12.3. The number of carbonyl (C=O) groups is 1. The standard InChI is InChI=1S/C17H18FN3O4S/c18-16-13-8-12(19-6-5-10-1-2-10)4-3-11(13)7-14(22)17(16)21-9-15(23)20-26(21,24)25/h3-4,7-8,10,19,22H,1-2,5-6,9H2,(H,20,23). The first-order valence-corrected chi connectivity index (χ1v) is 9.81. The Balaban J connectivity index is 1.72. The van der Waals surface area contributed by atoms with E-state index in [1.807, 2.05) is 0 Å². The molecule has 3 N–H and O–H groups in total. The Labute approximate surface area is 150 Å². The van der Waals surface area contributed by atoms with Crippen molar-refractivity contribution in [3.05, 3.63) is 30.1 Å². The fourth-order valence-corrected chi connectivity index (χ4v) is 4.31. The van der Waals surface area contributed by atoms with E-state index in [9.17, 15) is 18.3 Å². The molecule has 1 aliphatic heterocycles. The lowest BCUT2D eigenvalue weighted by molar-refractivity contribution is -0.117. The van der Waals surface area contributed by atoms with Gasteiger partial charge in [-0.3, -0.25) is 4.79 Å². The minimum Gasteiger partial charge on any atom is -0.506 e. The lowest BCUT2D eigenvalue weighted by Crippen LogP contribution is -2.30. The molecule has 0 aromatic heterocycles. The van der Waals surface area contributed by atoms with Gasteiger partial charge in [-0.1, -0.05) is 18.9 Å². The van der Waals surface area contributed by atoms with Crippen LogP contribution in [0.15, 0.2) is 24.3 Å². The number of nitrogens with one attached hydrogen (secondary N) is 2. The molecule has 138 valence electrons. The highest BCUT2D eigenvalue weighted by atomic mass is 32.2. The number of fused-ring (bicyclic) bond motifs is 1. The highest BCUT2D eigenvalue weighted by Gasteiger charge is 2.37. The van der Waals surface area contributed by atoms with E-state index < -0.39 is 39.9 Å². The predicted molar refractivity (Wildman–Crippen MR) is 95.8 cm³/mol. The molecule has 7 nitrogen and oxygen atoms in total. The molecule has 0 bridgehead atoms. The van der Waals surface area contributed by atoms with Gasteiger partial charge in [-0.15, -0.1) is 0 Å². The molecule has 0 atom stereocenters. The van der Waals surface area contributed by atoms with Crippen molar-refractivity contribution in [1.82, 2.24) is 4.72 Å². The van der Waals surface area contributed by atoms with E-state index in [2.05, 4.69) is 5.32 Å². The second-order valence-corrected chi connectivity index (χ2v) is 8.28. The van der Waals surface area contributed by atoms with E-state index in [1.165, 1.54) is 18.9 Å². The molecule has 1 amide bonds. The van der Waals surface area contributed by atoms with Crippen molar-refractivity contribution in [3.8, 4) is 5.75 Å². The molecule has 2 aliphatic rings. The van der Waals surface area contributed by atoms with Gasteiger partial charge in [0.25, 0.3) is 5.91 Å². The van der Waals surface area contributed by atoms with Gasteiger partial charge < -0.3 is 10.4 Å². The van der Waals surface area contributed by atoms with Crippen LogP contribution in [0.5, 0.6) is 5.75 Å². The third kappa shape index (κ3) is 3.03. The van der Waals surface area contributed by atoms with Crippen molar-refractivity contribution in [2.45, 2.75) is 19.3 Å². The van der Waals surface area contributed by atoms with Crippen LogP contribution in [0.4, 0.5) is 15.8 Å². The SMILES string of the molecule is O=C1CN(c2c(O)cc3ccc(NCCC4CC4)cc3c2F)S(=O)(=O)N1. The topological polar surface area (TPSA) is 98.7 Å². The van der Waals surface area contributed by atoms with Crippen molar-refractivity contribution in [2.24, 2.45) is 5.92 Å². The fourth-order valence-electron chi connectivity index (χ4n) is 3.15. The number of hydrogen-bond donors (Lipinski definition) is 3. The second-order valence-electron chi connectivity index (χ2n) is 6.69. The van der Waals surface area contributed by atoms with E-state index in [-0.39, 0.29) is 5.39 Å². The number of hydrogen-bond acceptors (Lipinski definition) is 5. The Bertz CT molecular complexity index is 1000. The molecule has 0 unspecified atom stereocenters. The average Bonchev–Trinajstić information content (AvgIpc) is 3.33. The lowest BCUT2D eigenvalue weighted by Gasteiger charge is -2.18. The molecular weight excluding hydrogens is 361 g/mol. The van der Waals surface area contributed by atoms with Crippen LogP contribution in [0.25, 0.3) is 10.8 Å². The van der Waals surface area contributed by atoms with Crippen LogP contribution in [0.3, 0.4) is 0 Å². The molecule has 1 heterocycles. The number of phenols is 1. The quantitative estimate of drug-likeness (QED) is 0.739. The Morgan fingerprint density at radius 3 is 2.73 bits per heavy atom. The van der Waals surface area contributed by atoms with Gasteiger partial charge >= 0.3 is 10.2 Å². The summed E-state index contributed by atoms with van der Waals surface area (Å²) < 4.78 is 41.4. The molecule has 2 fully saturated rings. The van der Waals surface area contributed by atoms with Gasteiger partial charge in [0.2, 0.25) is 0 Å². The maximum absolute atomic E-state index is 15.1. The molecule has 26 heavy (non-hydrogen) atoms. The molecule has 0 radical (unpaired) electrons. The normalized spacial score (nSPS) is 19.0. The molecule has 2 aromatic rings.